The molecule has 0 spiro atoms. The molecule has 0 unspecified atom stereocenters. The smallest absolute Gasteiger partial charge is 0.303 e. The molecule has 1 amide bonds. The summed E-state index contributed by atoms with van der Waals surface area (Å²) in [4.78, 5) is 24.2. The van der Waals surface area contributed by atoms with Crippen LogP contribution in [0.3, 0.4) is 0 Å². The average molecular weight is 314 g/mol. The van der Waals surface area contributed by atoms with E-state index in [1.54, 1.807) is 19.2 Å². The van der Waals surface area contributed by atoms with E-state index in [0.29, 0.717) is 30.0 Å². The van der Waals surface area contributed by atoms with Gasteiger partial charge in [-0.2, -0.15) is 0 Å². The fourth-order valence-electron chi connectivity index (χ4n) is 2.51. The Bertz CT molecular complexity index is 544. The summed E-state index contributed by atoms with van der Waals surface area (Å²) in [6, 6.07) is 4.51. The monoisotopic (exact) mass is 313 g/mol. The van der Waals surface area contributed by atoms with Gasteiger partial charge < -0.3 is 10.0 Å². The van der Waals surface area contributed by atoms with Crippen LogP contribution in [0.1, 0.15) is 30.7 Å². The number of rotatable bonds is 6. The number of aliphatic carboxylic acids is 1. The van der Waals surface area contributed by atoms with Crippen LogP contribution >= 0.6 is 11.6 Å². The molecule has 1 aliphatic rings. The molecule has 0 heterocycles. The van der Waals surface area contributed by atoms with Gasteiger partial charge in [0.25, 0.3) is 0 Å². The predicted molar refractivity (Wildman–Crippen MR) is 76.8 cm³/mol. The van der Waals surface area contributed by atoms with E-state index in [9.17, 15) is 14.0 Å². The van der Waals surface area contributed by atoms with Crippen LogP contribution < -0.4 is 0 Å². The maximum atomic E-state index is 13.8. The number of carbonyl (C=O) groups is 2. The van der Waals surface area contributed by atoms with Gasteiger partial charge in [0.15, 0.2) is 0 Å². The van der Waals surface area contributed by atoms with Crippen LogP contribution in [0, 0.1) is 11.7 Å². The first-order valence-electron chi connectivity index (χ1n) is 6.82. The fourth-order valence-corrected chi connectivity index (χ4v) is 2.82. The Morgan fingerprint density at radius 1 is 1.48 bits per heavy atom. The molecule has 114 valence electrons. The van der Waals surface area contributed by atoms with Gasteiger partial charge in [-0.1, -0.05) is 17.7 Å². The number of hydrogen-bond acceptors (Lipinski definition) is 2. The van der Waals surface area contributed by atoms with E-state index in [4.69, 9.17) is 16.7 Å². The maximum absolute atomic E-state index is 13.8. The molecule has 1 saturated carbocycles. The van der Waals surface area contributed by atoms with E-state index in [2.05, 4.69) is 0 Å². The number of halogens is 2. The number of carbonyl (C=O) groups excluding carboxylic acids is 1. The largest absolute Gasteiger partial charge is 0.481 e. The van der Waals surface area contributed by atoms with Crippen LogP contribution in [0.5, 0.6) is 0 Å². The molecular formula is C15H17ClFNO3. The zero-order valence-corrected chi connectivity index (χ0v) is 12.4. The van der Waals surface area contributed by atoms with Crippen molar-refractivity contribution < 1.29 is 19.1 Å². The minimum atomic E-state index is -0.877. The first-order valence-corrected chi connectivity index (χ1v) is 7.20. The molecule has 4 nitrogen and oxygen atoms in total. The number of carboxylic acid groups (broad SMARTS) is 1. The second kappa shape index (κ2) is 6.43. The minimum absolute atomic E-state index is 0.0326. The van der Waals surface area contributed by atoms with Gasteiger partial charge in [0.2, 0.25) is 5.91 Å². The SMILES string of the molecule is CN(CCCC(=O)O)C(=O)[C@@H]1C[C@H]1c1c(F)cccc1Cl. The normalized spacial score (nSPS) is 20.1. The Hall–Kier alpha value is -1.62. The van der Waals surface area contributed by atoms with Gasteiger partial charge in [-0.15, -0.1) is 0 Å². The van der Waals surface area contributed by atoms with Gasteiger partial charge >= 0.3 is 5.97 Å². The van der Waals surface area contributed by atoms with Crippen LogP contribution in [0.2, 0.25) is 5.02 Å². The molecular weight excluding hydrogens is 297 g/mol. The maximum Gasteiger partial charge on any atom is 0.303 e. The van der Waals surface area contributed by atoms with Gasteiger partial charge in [-0.3, -0.25) is 9.59 Å². The van der Waals surface area contributed by atoms with Crippen LogP contribution in [-0.4, -0.2) is 35.5 Å². The Balaban J connectivity index is 1.93. The molecule has 1 fully saturated rings. The lowest BCUT2D eigenvalue weighted by Gasteiger charge is -2.17. The van der Waals surface area contributed by atoms with Crippen LogP contribution in [0.4, 0.5) is 4.39 Å². The first kappa shape index (κ1) is 15.8. The third kappa shape index (κ3) is 3.73. The topological polar surface area (TPSA) is 57.6 Å². The molecule has 0 aliphatic heterocycles. The van der Waals surface area contributed by atoms with Crippen LogP contribution in [0.25, 0.3) is 0 Å². The fraction of sp³-hybridized carbons (Fsp3) is 0.467. The van der Waals surface area contributed by atoms with Crippen molar-refractivity contribution in [2.75, 3.05) is 13.6 Å². The second-order valence-corrected chi connectivity index (χ2v) is 5.75. The predicted octanol–water partition coefficient (Wildman–Crippen LogP) is 2.91. The highest BCUT2D eigenvalue weighted by molar-refractivity contribution is 6.31. The molecule has 1 aliphatic carbocycles. The Kier molecular flexibility index (Phi) is 4.83. The molecule has 0 aromatic heterocycles. The van der Waals surface area contributed by atoms with Crippen molar-refractivity contribution in [1.82, 2.24) is 4.90 Å². The van der Waals surface area contributed by atoms with Crippen LogP contribution in [-0.2, 0) is 9.59 Å². The van der Waals surface area contributed by atoms with Crippen molar-refractivity contribution in [2.24, 2.45) is 5.92 Å². The van der Waals surface area contributed by atoms with Crippen molar-refractivity contribution in [3.63, 3.8) is 0 Å². The molecule has 6 heteroatoms. The zero-order valence-electron chi connectivity index (χ0n) is 11.7. The Morgan fingerprint density at radius 3 is 2.81 bits per heavy atom. The minimum Gasteiger partial charge on any atom is -0.481 e. The quantitative estimate of drug-likeness (QED) is 0.878. The van der Waals surface area contributed by atoms with Crippen molar-refractivity contribution >= 4 is 23.5 Å². The first-order chi connectivity index (χ1) is 9.91. The van der Waals surface area contributed by atoms with E-state index in [1.165, 1.54) is 11.0 Å². The summed E-state index contributed by atoms with van der Waals surface area (Å²) in [7, 11) is 1.64. The molecule has 21 heavy (non-hydrogen) atoms. The Morgan fingerprint density at radius 2 is 2.19 bits per heavy atom. The number of nitrogens with zero attached hydrogens (tertiary/aromatic N) is 1. The summed E-state index contributed by atoms with van der Waals surface area (Å²) in [6.45, 7) is 0.388. The molecule has 1 N–H and O–H groups in total. The average Bonchev–Trinajstić information content (AvgIpc) is 3.17. The highest BCUT2D eigenvalue weighted by atomic mass is 35.5. The second-order valence-electron chi connectivity index (χ2n) is 5.34. The lowest BCUT2D eigenvalue weighted by Crippen LogP contribution is -2.29. The molecule has 2 rings (SSSR count). The number of benzene rings is 1. The molecule has 0 bridgehead atoms. The van der Waals surface area contributed by atoms with E-state index in [0.717, 1.165) is 0 Å². The molecule has 0 saturated heterocycles. The third-order valence-electron chi connectivity index (χ3n) is 3.74. The van der Waals surface area contributed by atoms with Crippen molar-refractivity contribution in [3.05, 3.63) is 34.6 Å². The van der Waals surface area contributed by atoms with Gasteiger partial charge in [0.1, 0.15) is 5.82 Å². The van der Waals surface area contributed by atoms with E-state index in [1.807, 2.05) is 0 Å². The van der Waals surface area contributed by atoms with Crippen molar-refractivity contribution in [3.8, 4) is 0 Å². The summed E-state index contributed by atoms with van der Waals surface area (Å²) < 4.78 is 13.8. The van der Waals surface area contributed by atoms with E-state index in [-0.39, 0.29) is 30.0 Å². The highest BCUT2D eigenvalue weighted by Gasteiger charge is 2.47. The molecule has 2 atom stereocenters. The molecule has 1 aromatic carbocycles. The van der Waals surface area contributed by atoms with Crippen molar-refractivity contribution in [2.45, 2.75) is 25.2 Å². The van der Waals surface area contributed by atoms with Gasteiger partial charge in [0, 0.05) is 42.4 Å². The third-order valence-corrected chi connectivity index (χ3v) is 4.07. The lowest BCUT2D eigenvalue weighted by molar-refractivity contribution is -0.138. The summed E-state index contributed by atoms with van der Waals surface area (Å²) in [5.41, 5.74) is 0.413. The number of carboxylic acids is 1. The Labute approximate surface area is 127 Å². The van der Waals surface area contributed by atoms with Gasteiger partial charge in [-0.25, -0.2) is 4.39 Å². The summed E-state index contributed by atoms with van der Waals surface area (Å²) in [6.07, 6.45) is 1.03. The van der Waals surface area contributed by atoms with E-state index < -0.39 is 5.97 Å². The standard InChI is InChI=1S/C15H17ClFNO3/c1-18(7-3-6-13(19)20)15(21)10-8-9(10)14-11(16)4-2-5-12(14)17/h2,4-5,9-10H,3,6-8H2,1H3,(H,19,20)/t9-,10-/m1/s1. The zero-order chi connectivity index (χ0) is 15.6. The summed E-state index contributed by atoms with van der Waals surface area (Å²) in [5.74, 6) is -1.76. The van der Waals surface area contributed by atoms with Crippen molar-refractivity contribution in [1.29, 1.82) is 0 Å². The number of hydrogen-bond donors (Lipinski definition) is 1. The lowest BCUT2D eigenvalue weighted by atomic mass is 10.1. The highest BCUT2D eigenvalue weighted by Crippen LogP contribution is 2.51. The molecule has 1 aromatic rings. The van der Waals surface area contributed by atoms with E-state index >= 15 is 0 Å². The summed E-state index contributed by atoms with van der Waals surface area (Å²) >= 11 is 6.00. The van der Waals surface area contributed by atoms with Gasteiger partial charge in [-0.05, 0) is 25.0 Å². The number of amides is 1. The van der Waals surface area contributed by atoms with Gasteiger partial charge in [0.05, 0.1) is 0 Å². The summed E-state index contributed by atoms with van der Waals surface area (Å²) in [5, 5.41) is 8.93. The van der Waals surface area contributed by atoms with Crippen LogP contribution in [0.15, 0.2) is 18.2 Å². The molecule has 0 radical (unpaired) electrons.